The van der Waals surface area contributed by atoms with E-state index in [0.717, 1.165) is 43.5 Å². The summed E-state index contributed by atoms with van der Waals surface area (Å²) in [5, 5.41) is 10.0. The number of methoxy groups -OCH3 is 1. The number of likely N-dealkylation sites (N-methyl/N-ethyl adjacent to an activating group) is 1. The lowest BCUT2D eigenvalue weighted by Gasteiger charge is -2.58. The zero-order chi connectivity index (χ0) is 28.5. The van der Waals surface area contributed by atoms with Gasteiger partial charge in [-0.1, -0.05) is 12.1 Å². The molecule has 232 valence electrons. The fourth-order valence-corrected chi connectivity index (χ4v) is 7.44. The number of rotatable bonds is 20. The largest absolute Gasteiger partial charge is 0.486 e. The molecule has 2 heterocycles. The van der Waals surface area contributed by atoms with Gasteiger partial charge in [-0.05, 0) is 50.8 Å². The number of hydrogen-bond donors (Lipinski definition) is 1. The lowest BCUT2D eigenvalue weighted by molar-refractivity contribution is -0.129. The summed E-state index contributed by atoms with van der Waals surface area (Å²) in [7, 11) is 3.92. The Balaban J connectivity index is 0.959. The first kappa shape index (κ1) is 31.1. The van der Waals surface area contributed by atoms with Crippen molar-refractivity contribution in [2.75, 3.05) is 100.0 Å². The van der Waals surface area contributed by atoms with Gasteiger partial charge in [-0.3, -0.25) is 0 Å². The summed E-state index contributed by atoms with van der Waals surface area (Å²) in [6.45, 7) is 7.62. The van der Waals surface area contributed by atoms with Crippen LogP contribution in [0.5, 0.6) is 5.75 Å². The number of aliphatic hydroxyl groups excluding tert-OH is 1. The van der Waals surface area contributed by atoms with E-state index in [0.29, 0.717) is 91.2 Å². The molecular formula is C31H49NO9. The van der Waals surface area contributed by atoms with Gasteiger partial charge in [-0.2, -0.15) is 0 Å². The van der Waals surface area contributed by atoms with Crippen LogP contribution in [-0.2, 0) is 51.6 Å². The maximum absolute atomic E-state index is 10.0. The summed E-state index contributed by atoms with van der Waals surface area (Å²) in [4.78, 5) is 2.55. The third-order valence-corrected chi connectivity index (χ3v) is 9.29. The summed E-state index contributed by atoms with van der Waals surface area (Å²) < 4.78 is 45.8. The first-order valence-corrected chi connectivity index (χ1v) is 15.3. The van der Waals surface area contributed by atoms with E-state index in [4.69, 9.17) is 37.9 Å². The molecule has 41 heavy (non-hydrogen) atoms. The Labute approximate surface area is 244 Å². The molecule has 0 radical (unpaired) electrons. The van der Waals surface area contributed by atoms with Crippen molar-refractivity contribution in [1.82, 2.24) is 4.90 Å². The number of nitrogens with zero attached hydrogens (tertiary/aromatic N) is 1. The number of ether oxygens (including phenoxy) is 8. The van der Waals surface area contributed by atoms with E-state index in [1.165, 1.54) is 11.1 Å². The van der Waals surface area contributed by atoms with E-state index in [1.54, 1.807) is 7.11 Å². The molecule has 2 aliphatic heterocycles. The average molecular weight is 580 g/mol. The summed E-state index contributed by atoms with van der Waals surface area (Å²) in [5.41, 5.74) is 3.68. The summed E-state index contributed by atoms with van der Waals surface area (Å²) >= 11 is 0. The van der Waals surface area contributed by atoms with Crippen LogP contribution in [0.15, 0.2) is 12.1 Å². The maximum Gasteiger partial charge on any atom is 0.135 e. The van der Waals surface area contributed by atoms with Crippen LogP contribution in [-0.4, -0.2) is 128 Å². The van der Waals surface area contributed by atoms with Gasteiger partial charge in [0.25, 0.3) is 0 Å². The lowest BCUT2D eigenvalue weighted by atomic mass is 9.51. The Bertz CT molecular complexity index is 948. The Kier molecular flexibility index (Phi) is 11.7. The molecule has 5 atom stereocenters. The number of likely N-dealkylation sites (tertiary alicyclic amines) is 1. The molecule has 4 aliphatic rings. The van der Waals surface area contributed by atoms with E-state index < -0.39 is 0 Å². The molecule has 1 spiro atoms. The summed E-state index contributed by atoms with van der Waals surface area (Å²) in [5.74, 6) is 1.51. The molecule has 1 N–H and O–H groups in total. The van der Waals surface area contributed by atoms with Crippen molar-refractivity contribution in [3.05, 3.63) is 28.8 Å². The van der Waals surface area contributed by atoms with E-state index in [1.807, 2.05) is 6.07 Å². The third kappa shape index (κ3) is 6.92. The summed E-state index contributed by atoms with van der Waals surface area (Å²) in [6, 6.07) is 4.83. The first-order valence-electron chi connectivity index (χ1n) is 15.3. The highest BCUT2D eigenvalue weighted by Gasteiger charge is 2.65. The van der Waals surface area contributed by atoms with Gasteiger partial charge in [0.2, 0.25) is 0 Å². The van der Waals surface area contributed by atoms with Crippen molar-refractivity contribution >= 4 is 0 Å². The normalized spacial score (nSPS) is 28.1. The van der Waals surface area contributed by atoms with Crippen LogP contribution in [0.25, 0.3) is 0 Å². The molecule has 0 amide bonds. The van der Waals surface area contributed by atoms with Gasteiger partial charge in [0, 0.05) is 29.7 Å². The first-order chi connectivity index (χ1) is 20.2. The van der Waals surface area contributed by atoms with Crippen molar-refractivity contribution in [3.63, 3.8) is 0 Å². The van der Waals surface area contributed by atoms with Crippen molar-refractivity contribution in [3.8, 4) is 5.75 Å². The number of piperidine rings is 1. The highest BCUT2D eigenvalue weighted by Crippen LogP contribution is 2.63. The molecule has 5 rings (SSSR count). The molecule has 2 aliphatic carbocycles. The summed E-state index contributed by atoms with van der Waals surface area (Å²) in [6.07, 6.45) is 4.33. The lowest BCUT2D eigenvalue weighted by Crippen LogP contribution is -2.66. The maximum atomic E-state index is 10.0. The second-order valence-corrected chi connectivity index (χ2v) is 11.5. The van der Waals surface area contributed by atoms with E-state index in [-0.39, 0.29) is 24.2 Å². The average Bonchev–Trinajstić information content (AvgIpc) is 3.34. The molecule has 1 aromatic rings. The predicted molar refractivity (Wildman–Crippen MR) is 152 cm³/mol. The van der Waals surface area contributed by atoms with Gasteiger partial charge in [0.15, 0.2) is 0 Å². The fourth-order valence-electron chi connectivity index (χ4n) is 7.44. The standard InChI is InChI=1S/C31H49NO9/c1-32-8-7-31-25-5-6-27(30(31)41-29-24(22-33)4-3-23(28(29)31)21-26(25)32)40-20-19-39-18-17-38-16-15-37-14-13-36-12-11-35-10-9-34-2/h3-4,25-27,30,33H,5-22H2,1-2H3/t25?,26?,27-,30-,31-/m0/s1. The van der Waals surface area contributed by atoms with Crippen molar-refractivity contribution in [2.45, 2.75) is 56.0 Å². The van der Waals surface area contributed by atoms with E-state index in [2.05, 4.69) is 18.0 Å². The van der Waals surface area contributed by atoms with Crippen LogP contribution < -0.4 is 4.74 Å². The van der Waals surface area contributed by atoms with Crippen LogP contribution >= 0.6 is 0 Å². The quantitative estimate of drug-likeness (QED) is 0.231. The molecular weight excluding hydrogens is 530 g/mol. The predicted octanol–water partition coefficient (Wildman–Crippen LogP) is 1.96. The minimum Gasteiger partial charge on any atom is -0.486 e. The second kappa shape index (κ2) is 15.4. The van der Waals surface area contributed by atoms with Gasteiger partial charge in [0.1, 0.15) is 11.9 Å². The Morgan fingerprint density at radius 2 is 1.46 bits per heavy atom. The fraction of sp³-hybridized carbons (Fsp3) is 0.806. The van der Waals surface area contributed by atoms with Gasteiger partial charge >= 0.3 is 0 Å². The minimum atomic E-state index is -0.00439. The number of hydrogen-bond acceptors (Lipinski definition) is 10. The Morgan fingerprint density at radius 1 is 0.854 bits per heavy atom. The molecule has 0 aromatic heterocycles. The van der Waals surface area contributed by atoms with E-state index in [9.17, 15) is 5.11 Å². The minimum absolute atomic E-state index is 0.00200. The molecule has 10 nitrogen and oxygen atoms in total. The van der Waals surface area contributed by atoms with Gasteiger partial charge in [-0.15, -0.1) is 0 Å². The number of aliphatic hydroxyl groups is 1. The smallest absolute Gasteiger partial charge is 0.135 e. The van der Waals surface area contributed by atoms with Gasteiger partial charge in [-0.25, -0.2) is 0 Å². The highest BCUT2D eigenvalue weighted by atomic mass is 16.6. The monoisotopic (exact) mass is 579 g/mol. The highest BCUT2D eigenvalue weighted by molar-refractivity contribution is 5.58. The van der Waals surface area contributed by atoms with Crippen LogP contribution in [0, 0.1) is 5.92 Å². The van der Waals surface area contributed by atoms with Gasteiger partial charge in [0.05, 0.1) is 92.0 Å². The van der Waals surface area contributed by atoms with Crippen LogP contribution in [0.1, 0.15) is 36.0 Å². The zero-order valence-corrected chi connectivity index (χ0v) is 24.9. The molecule has 10 heteroatoms. The molecule has 2 bridgehead atoms. The van der Waals surface area contributed by atoms with Crippen molar-refractivity contribution in [1.29, 1.82) is 0 Å². The van der Waals surface area contributed by atoms with Crippen LogP contribution in [0.4, 0.5) is 0 Å². The van der Waals surface area contributed by atoms with Crippen molar-refractivity contribution < 1.29 is 43.0 Å². The molecule has 1 saturated heterocycles. The zero-order valence-electron chi connectivity index (χ0n) is 24.9. The topological polar surface area (TPSA) is 97.3 Å². The Morgan fingerprint density at radius 3 is 2.07 bits per heavy atom. The van der Waals surface area contributed by atoms with Gasteiger partial charge < -0.3 is 47.9 Å². The Hall–Kier alpha value is -1.34. The van der Waals surface area contributed by atoms with Crippen LogP contribution in [0.2, 0.25) is 0 Å². The van der Waals surface area contributed by atoms with Crippen molar-refractivity contribution in [2.24, 2.45) is 5.92 Å². The van der Waals surface area contributed by atoms with E-state index >= 15 is 0 Å². The molecule has 1 aromatic carbocycles. The molecule has 2 unspecified atom stereocenters. The van der Waals surface area contributed by atoms with Crippen LogP contribution in [0.3, 0.4) is 0 Å². The third-order valence-electron chi connectivity index (χ3n) is 9.29. The SMILES string of the molecule is COCCOCCOCCOCCOCCOCCO[C@H]1CCC2C3Cc4ccc(CO)c5c4[C@@]2(CCN3C)[C@H]1O5. The molecule has 2 fully saturated rings. The molecule has 1 saturated carbocycles. The second-order valence-electron chi connectivity index (χ2n) is 11.5. The number of benzene rings is 1.